The minimum atomic E-state index is -1.14. The van der Waals surface area contributed by atoms with Gasteiger partial charge in [-0.3, -0.25) is 0 Å². The molecule has 0 atom stereocenters. The summed E-state index contributed by atoms with van der Waals surface area (Å²) in [5.74, 6) is -0.465. The fraction of sp³-hybridized carbons (Fsp3) is 0.750. The minimum absolute atomic E-state index is 0.0169. The zero-order valence-electron chi connectivity index (χ0n) is 25.1. The zero-order chi connectivity index (χ0) is 30.5. The minimum Gasteiger partial charge on any atom is -0.487 e. The predicted octanol–water partition coefficient (Wildman–Crippen LogP) is 1.56. The lowest BCUT2D eigenvalue weighted by Gasteiger charge is -2.18. The van der Waals surface area contributed by atoms with Crippen molar-refractivity contribution in [2.45, 2.75) is 0 Å². The SMILES string of the molecule is COCCOCCOCCOc1cc(C(=O)O)cc(OCCOCCOCCOC)c1OCCOCCOCCOC. The van der Waals surface area contributed by atoms with Crippen molar-refractivity contribution in [1.29, 1.82) is 0 Å². The molecule has 0 amide bonds. The van der Waals surface area contributed by atoms with Gasteiger partial charge in [-0.15, -0.1) is 0 Å². The molecule has 0 radical (unpaired) electrons. The molecule has 0 aliphatic carbocycles. The van der Waals surface area contributed by atoms with Crippen LogP contribution in [-0.2, 0) is 42.6 Å². The maximum atomic E-state index is 11.8. The predicted molar refractivity (Wildman–Crippen MR) is 150 cm³/mol. The van der Waals surface area contributed by atoms with E-state index in [4.69, 9.17) is 56.8 Å². The average molecular weight is 609 g/mol. The molecule has 14 nitrogen and oxygen atoms in total. The van der Waals surface area contributed by atoms with Gasteiger partial charge in [0.1, 0.15) is 19.8 Å². The van der Waals surface area contributed by atoms with E-state index in [1.807, 2.05) is 0 Å². The van der Waals surface area contributed by atoms with Crippen LogP contribution >= 0.6 is 0 Å². The molecule has 42 heavy (non-hydrogen) atoms. The Balaban J connectivity index is 2.69. The molecule has 0 spiro atoms. The summed E-state index contributed by atoms with van der Waals surface area (Å²) >= 11 is 0. The van der Waals surface area contributed by atoms with E-state index in [-0.39, 0.29) is 62.5 Å². The number of methoxy groups -OCH3 is 3. The zero-order valence-corrected chi connectivity index (χ0v) is 25.1. The third-order valence-electron chi connectivity index (χ3n) is 5.12. The van der Waals surface area contributed by atoms with Crippen molar-refractivity contribution in [2.24, 2.45) is 0 Å². The Morgan fingerprint density at radius 3 is 1.07 bits per heavy atom. The Kier molecular flexibility index (Phi) is 24.8. The first-order valence-corrected chi connectivity index (χ1v) is 13.9. The topological polar surface area (TPSA) is 148 Å². The van der Waals surface area contributed by atoms with Gasteiger partial charge in [-0.05, 0) is 12.1 Å². The third-order valence-corrected chi connectivity index (χ3v) is 5.12. The lowest BCUT2D eigenvalue weighted by atomic mass is 10.2. The Labute approximate surface area is 248 Å². The highest BCUT2D eigenvalue weighted by atomic mass is 16.6. The van der Waals surface area contributed by atoms with Crippen molar-refractivity contribution >= 4 is 5.97 Å². The monoisotopic (exact) mass is 608 g/mol. The molecule has 244 valence electrons. The summed E-state index contributed by atoms with van der Waals surface area (Å²) in [7, 11) is 4.82. The Hall–Kier alpha value is -2.27. The second kappa shape index (κ2) is 27.6. The first kappa shape index (κ1) is 37.8. The lowest BCUT2D eigenvalue weighted by molar-refractivity contribution is 0.0146. The average Bonchev–Trinajstić information content (AvgIpc) is 2.99. The van der Waals surface area contributed by atoms with Gasteiger partial charge in [0.15, 0.2) is 11.5 Å². The van der Waals surface area contributed by atoms with E-state index >= 15 is 0 Å². The molecule has 1 rings (SSSR count). The van der Waals surface area contributed by atoms with Gasteiger partial charge < -0.3 is 61.9 Å². The highest BCUT2D eigenvalue weighted by molar-refractivity contribution is 5.89. The Morgan fingerprint density at radius 1 is 0.476 bits per heavy atom. The van der Waals surface area contributed by atoms with E-state index in [9.17, 15) is 9.90 Å². The van der Waals surface area contributed by atoms with Crippen LogP contribution in [0.15, 0.2) is 12.1 Å². The van der Waals surface area contributed by atoms with E-state index in [0.717, 1.165) is 0 Å². The molecule has 0 saturated carbocycles. The largest absolute Gasteiger partial charge is 0.487 e. The van der Waals surface area contributed by atoms with Crippen molar-refractivity contribution in [1.82, 2.24) is 0 Å². The van der Waals surface area contributed by atoms with E-state index in [1.54, 1.807) is 21.3 Å². The van der Waals surface area contributed by atoms with Crippen molar-refractivity contribution in [3.8, 4) is 17.2 Å². The summed E-state index contributed by atoms with van der Waals surface area (Å²) in [5.41, 5.74) is -0.0169. The van der Waals surface area contributed by atoms with Crippen LogP contribution in [-0.4, -0.2) is 151 Å². The van der Waals surface area contributed by atoms with Crippen LogP contribution in [0.5, 0.6) is 17.2 Å². The van der Waals surface area contributed by atoms with Crippen LogP contribution in [0.25, 0.3) is 0 Å². The number of ether oxygens (including phenoxy) is 12. The third kappa shape index (κ3) is 19.8. The van der Waals surface area contributed by atoms with Crippen molar-refractivity contribution < 1.29 is 66.7 Å². The van der Waals surface area contributed by atoms with Crippen molar-refractivity contribution in [3.05, 3.63) is 17.7 Å². The molecule has 0 fully saturated rings. The summed E-state index contributed by atoms with van der Waals surface area (Å²) in [6.07, 6.45) is 0. The van der Waals surface area contributed by atoms with Crippen LogP contribution in [0.2, 0.25) is 0 Å². The molecule has 0 saturated heterocycles. The first-order valence-electron chi connectivity index (χ1n) is 13.9. The lowest BCUT2D eigenvalue weighted by Crippen LogP contribution is -2.16. The standard InChI is InChI=1S/C28H48O14/c1-31-4-7-34-10-13-37-16-19-40-25-22-24(28(29)30)23-26(41-20-17-38-14-11-35-8-5-32-2)27(25)42-21-18-39-15-12-36-9-6-33-3/h22-23H,4-21H2,1-3H3,(H,29,30). The number of carboxylic acid groups (broad SMARTS) is 1. The fourth-order valence-corrected chi connectivity index (χ4v) is 3.07. The molecule has 1 aromatic carbocycles. The summed E-state index contributed by atoms with van der Waals surface area (Å²) in [6.45, 7) is 6.66. The maximum absolute atomic E-state index is 11.8. The first-order chi connectivity index (χ1) is 20.6. The molecule has 0 aliphatic heterocycles. The maximum Gasteiger partial charge on any atom is 0.335 e. The van der Waals surface area contributed by atoms with Gasteiger partial charge in [-0.1, -0.05) is 0 Å². The number of carboxylic acids is 1. The van der Waals surface area contributed by atoms with Gasteiger partial charge in [-0.25, -0.2) is 4.79 Å². The highest BCUT2D eigenvalue weighted by Crippen LogP contribution is 2.39. The van der Waals surface area contributed by atoms with Crippen LogP contribution in [0.1, 0.15) is 10.4 Å². The Bertz CT molecular complexity index is 736. The molecular formula is C28H48O14. The molecule has 0 unspecified atom stereocenters. The molecular weight excluding hydrogens is 560 g/mol. The number of benzene rings is 1. The second-order valence-electron chi connectivity index (χ2n) is 8.30. The molecule has 1 aromatic rings. The quantitative estimate of drug-likeness (QED) is 0.122. The van der Waals surface area contributed by atoms with Crippen LogP contribution in [0.3, 0.4) is 0 Å². The van der Waals surface area contributed by atoms with E-state index in [2.05, 4.69) is 0 Å². The van der Waals surface area contributed by atoms with Gasteiger partial charge in [0.05, 0.1) is 105 Å². The molecule has 1 N–H and O–H groups in total. The van der Waals surface area contributed by atoms with Gasteiger partial charge in [0, 0.05) is 21.3 Å². The van der Waals surface area contributed by atoms with Crippen molar-refractivity contribution in [3.63, 3.8) is 0 Å². The molecule has 14 heteroatoms. The number of hydrogen-bond donors (Lipinski definition) is 1. The summed E-state index contributed by atoms with van der Waals surface area (Å²) in [4.78, 5) is 11.8. The molecule has 0 bridgehead atoms. The number of hydrogen-bond acceptors (Lipinski definition) is 13. The van der Waals surface area contributed by atoms with Gasteiger partial charge in [0.25, 0.3) is 0 Å². The van der Waals surface area contributed by atoms with Gasteiger partial charge >= 0.3 is 5.97 Å². The summed E-state index contributed by atoms with van der Waals surface area (Å²) in [5, 5.41) is 9.65. The van der Waals surface area contributed by atoms with Crippen LogP contribution in [0.4, 0.5) is 0 Å². The molecule has 0 aliphatic rings. The Morgan fingerprint density at radius 2 is 0.762 bits per heavy atom. The van der Waals surface area contributed by atoms with E-state index < -0.39 is 5.97 Å². The van der Waals surface area contributed by atoms with Crippen LogP contribution < -0.4 is 14.2 Å². The molecule has 0 heterocycles. The number of rotatable bonds is 31. The smallest absolute Gasteiger partial charge is 0.335 e. The van der Waals surface area contributed by atoms with Gasteiger partial charge in [-0.2, -0.15) is 0 Å². The molecule has 0 aromatic heterocycles. The highest BCUT2D eigenvalue weighted by Gasteiger charge is 2.19. The summed E-state index contributed by atoms with van der Waals surface area (Å²) in [6, 6.07) is 2.77. The second-order valence-corrected chi connectivity index (χ2v) is 8.30. The van der Waals surface area contributed by atoms with Crippen molar-refractivity contribution in [2.75, 3.05) is 140 Å². The van der Waals surface area contributed by atoms with E-state index in [1.165, 1.54) is 12.1 Å². The normalized spacial score (nSPS) is 11.1. The van der Waals surface area contributed by atoms with E-state index in [0.29, 0.717) is 79.3 Å². The number of aromatic carboxylic acids is 1. The number of carbonyl (C=O) groups is 1. The van der Waals surface area contributed by atoms with Gasteiger partial charge in [0.2, 0.25) is 5.75 Å². The van der Waals surface area contributed by atoms with Crippen LogP contribution in [0, 0.1) is 0 Å². The fourth-order valence-electron chi connectivity index (χ4n) is 3.07. The summed E-state index contributed by atoms with van der Waals surface area (Å²) < 4.78 is 65.1.